The molecule has 1 aromatic carbocycles. The molecule has 0 spiro atoms. The number of hydrogen-bond donors (Lipinski definition) is 1. The van der Waals surface area contributed by atoms with Gasteiger partial charge in [0.1, 0.15) is 0 Å². The van der Waals surface area contributed by atoms with Gasteiger partial charge < -0.3 is 24.1 Å². The Morgan fingerprint density at radius 1 is 1.19 bits per heavy atom. The SMILES string of the molecule is COC(=O)c1cc(NC(=O)c2ccc(Br)o2)ccc1N1CCOCC1.Cl. The molecule has 1 aromatic heterocycles. The lowest BCUT2D eigenvalue weighted by Gasteiger charge is -2.30. The number of esters is 1. The summed E-state index contributed by atoms with van der Waals surface area (Å²) in [6, 6.07) is 8.34. The minimum Gasteiger partial charge on any atom is -0.465 e. The molecule has 0 unspecified atom stereocenters. The first kappa shape index (κ1) is 20.3. The van der Waals surface area contributed by atoms with E-state index in [0.717, 1.165) is 5.69 Å². The number of carbonyl (C=O) groups excluding carboxylic acids is 2. The van der Waals surface area contributed by atoms with E-state index in [9.17, 15) is 9.59 Å². The van der Waals surface area contributed by atoms with E-state index in [4.69, 9.17) is 13.9 Å². The van der Waals surface area contributed by atoms with Crippen LogP contribution in [0.2, 0.25) is 0 Å². The van der Waals surface area contributed by atoms with Crippen LogP contribution < -0.4 is 10.2 Å². The molecule has 9 heteroatoms. The Labute approximate surface area is 165 Å². The van der Waals surface area contributed by atoms with Gasteiger partial charge in [-0.3, -0.25) is 4.79 Å². The highest BCUT2D eigenvalue weighted by atomic mass is 79.9. The lowest BCUT2D eigenvalue weighted by molar-refractivity contribution is 0.0600. The Morgan fingerprint density at radius 2 is 1.92 bits per heavy atom. The number of methoxy groups -OCH3 is 1. The van der Waals surface area contributed by atoms with Crippen molar-refractivity contribution in [2.45, 2.75) is 0 Å². The third-order valence-corrected chi connectivity index (χ3v) is 4.23. The molecule has 0 bridgehead atoms. The predicted octanol–water partition coefficient (Wildman–Crippen LogP) is 3.34. The molecular weight excluding hydrogens is 428 g/mol. The van der Waals surface area contributed by atoms with Gasteiger partial charge in [0, 0.05) is 18.8 Å². The van der Waals surface area contributed by atoms with Crippen LogP contribution in [-0.4, -0.2) is 45.3 Å². The number of hydrogen-bond acceptors (Lipinski definition) is 6. The molecule has 1 aliphatic heterocycles. The van der Waals surface area contributed by atoms with Crippen molar-refractivity contribution >= 4 is 51.6 Å². The van der Waals surface area contributed by atoms with Crippen LogP contribution in [0.1, 0.15) is 20.9 Å². The van der Waals surface area contributed by atoms with Gasteiger partial charge in [0.05, 0.1) is 31.6 Å². The second-order valence-electron chi connectivity index (χ2n) is 5.38. The van der Waals surface area contributed by atoms with Gasteiger partial charge in [0.25, 0.3) is 5.91 Å². The highest BCUT2D eigenvalue weighted by Crippen LogP contribution is 2.26. The van der Waals surface area contributed by atoms with Crippen LogP contribution in [0.15, 0.2) is 39.4 Å². The second kappa shape index (κ2) is 9.07. The van der Waals surface area contributed by atoms with Crippen molar-refractivity contribution in [2.75, 3.05) is 43.6 Å². The molecule has 1 saturated heterocycles. The van der Waals surface area contributed by atoms with E-state index in [1.807, 2.05) is 0 Å². The molecule has 26 heavy (non-hydrogen) atoms. The number of benzene rings is 1. The van der Waals surface area contributed by atoms with E-state index < -0.39 is 11.9 Å². The summed E-state index contributed by atoms with van der Waals surface area (Å²) in [5, 5.41) is 2.72. The van der Waals surface area contributed by atoms with Gasteiger partial charge in [-0.15, -0.1) is 12.4 Å². The van der Waals surface area contributed by atoms with Gasteiger partial charge in [0.15, 0.2) is 10.4 Å². The Morgan fingerprint density at radius 3 is 2.54 bits per heavy atom. The van der Waals surface area contributed by atoms with Crippen molar-refractivity contribution in [1.29, 1.82) is 0 Å². The standard InChI is InChI=1S/C17H17BrN2O5.ClH/c1-23-17(22)12-10-11(19-16(21)14-4-5-15(18)25-14)2-3-13(12)20-6-8-24-9-7-20;/h2-5,10H,6-9H2,1H3,(H,19,21);1H. The fourth-order valence-corrected chi connectivity index (χ4v) is 2.90. The van der Waals surface area contributed by atoms with E-state index in [2.05, 4.69) is 26.1 Å². The molecule has 0 aliphatic carbocycles. The number of amides is 1. The van der Waals surface area contributed by atoms with Gasteiger partial charge in [-0.05, 0) is 46.3 Å². The molecule has 0 radical (unpaired) electrons. The summed E-state index contributed by atoms with van der Waals surface area (Å²) in [6.07, 6.45) is 0. The number of nitrogens with zero attached hydrogens (tertiary/aromatic N) is 1. The molecule has 1 aliphatic rings. The predicted molar refractivity (Wildman–Crippen MR) is 102 cm³/mol. The monoisotopic (exact) mass is 444 g/mol. The van der Waals surface area contributed by atoms with Crippen LogP contribution in [0, 0.1) is 0 Å². The zero-order valence-corrected chi connectivity index (χ0v) is 16.4. The van der Waals surface area contributed by atoms with Crippen LogP contribution in [0.3, 0.4) is 0 Å². The van der Waals surface area contributed by atoms with Crippen LogP contribution in [0.4, 0.5) is 11.4 Å². The largest absolute Gasteiger partial charge is 0.465 e. The molecule has 140 valence electrons. The highest BCUT2D eigenvalue weighted by molar-refractivity contribution is 9.10. The summed E-state index contributed by atoms with van der Waals surface area (Å²) in [5.74, 6) is -0.692. The number of ether oxygens (including phenoxy) is 2. The van der Waals surface area contributed by atoms with E-state index in [1.54, 1.807) is 30.3 Å². The Kier molecular flexibility index (Phi) is 7.07. The summed E-state index contributed by atoms with van der Waals surface area (Å²) < 4.78 is 15.9. The summed E-state index contributed by atoms with van der Waals surface area (Å²) in [6.45, 7) is 2.59. The van der Waals surface area contributed by atoms with Crippen molar-refractivity contribution < 1.29 is 23.5 Å². The van der Waals surface area contributed by atoms with E-state index in [0.29, 0.717) is 42.2 Å². The van der Waals surface area contributed by atoms with Gasteiger partial charge in [-0.25, -0.2) is 4.79 Å². The van der Waals surface area contributed by atoms with Crippen LogP contribution >= 0.6 is 28.3 Å². The average Bonchev–Trinajstić information content (AvgIpc) is 3.08. The number of rotatable bonds is 4. The Bertz CT molecular complexity index is 789. The van der Waals surface area contributed by atoms with Gasteiger partial charge in [0.2, 0.25) is 0 Å². The number of halogens is 2. The van der Waals surface area contributed by atoms with Crippen molar-refractivity contribution in [2.24, 2.45) is 0 Å². The number of morpholine rings is 1. The van der Waals surface area contributed by atoms with E-state index >= 15 is 0 Å². The molecule has 1 amide bonds. The zero-order valence-electron chi connectivity index (χ0n) is 14.0. The highest BCUT2D eigenvalue weighted by Gasteiger charge is 2.21. The van der Waals surface area contributed by atoms with E-state index in [-0.39, 0.29) is 18.2 Å². The van der Waals surface area contributed by atoms with Gasteiger partial charge in [-0.2, -0.15) is 0 Å². The van der Waals surface area contributed by atoms with Crippen molar-refractivity contribution in [1.82, 2.24) is 0 Å². The van der Waals surface area contributed by atoms with Crippen LogP contribution in [0.25, 0.3) is 0 Å². The first-order valence-electron chi connectivity index (χ1n) is 7.70. The summed E-state index contributed by atoms with van der Waals surface area (Å²) >= 11 is 3.16. The lowest BCUT2D eigenvalue weighted by atomic mass is 10.1. The molecule has 1 fully saturated rings. The second-order valence-corrected chi connectivity index (χ2v) is 6.16. The van der Waals surface area contributed by atoms with Crippen molar-refractivity contribution in [3.05, 3.63) is 46.3 Å². The molecule has 2 heterocycles. The van der Waals surface area contributed by atoms with Crippen molar-refractivity contribution in [3.8, 4) is 0 Å². The van der Waals surface area contributed by atoms with E-state index in [1.165, 1.54) is 7.11 Å². The topological polar surface area (TPSA) is 81.0 Å². The lowest BCUT2D eigenvalue weighted by Crippen LogP contribution is -2.37. The fourth-order valence-electron chi connectivity index (χ4n) is 2.60. The molecule has 2 aromatic rings. The first-order chi connectivity index (χ1) is 12.1. The molecule has 0 atom stereocenters. The number of anilines is 2. The summed E-state index contributed by atoms with van der Waals surface area (Å²) in [4.78, 5) is 26.4. The smallest absolute Gasteiger partial charge is 0.340 e. The molecule has 3 rings (SSSR count). The van der Waals surface area contributed by atoms with Gasteiger partial charge in [-0.1, -0.05) is 0 Å². The molecule has 0 saturated carbocycles. The van der Waals surface area contributed by atoms with Gasteiger partial charge >= 0.3 is 5.97 Å². The van der Waals surface area contributed by atoms with Crippen LogP contribution in [-0.2, 0) is 9.47 Å². The minimum absolute atomic E-state index is 0. The third-order valence-electron chi connectivity index (χ3n) is 3.81. The summed E-state index contributed by atoms with van der Waals surface area (Å²) in [7, 11) is 1.33. The normalized spacial score (nSPS) is 13.7. The number of carbonyl (C=O) groups is 2. The molecular formula is C17H18BrClN2O5. The maximum Gasteiger partial charge on any atom is 0.340 e. The third kappa shape index (κ3) is 4.57. The first-order valence-corrected chi connectivity index (χ1v) is 8.49. The quantitative estimate of drug-likeness (QED) is 0.727. The Balaban J connectivity index is 0.00000243. The zero-order chi connectivity index (χ0) is 17.8. The van der Waals surface area contributed by atoms with Crippen LogP contribution in [0.5, 0.6) is 0 Å². The van der Waals surface area contributed by atoms with Crippen molar-refractivity contribution in [3.63, 3.8) is 0 Å². The maximum atomic E-state index is 12.2. The maximum absolute atomic E-state index is 12.2. The average molecular weight is 446 g/mol. The number of nitrogens with one attached hydrogen (secondary N) is 1. The molecule has 1 N–H and O–H groups in total. The Hall–Kier alpha value is -2.03. The number of furan rings is 1. The summed E-state index contributed by atoms with van der Waals surface area (Å²) in [5.41, 5.74) is 1.63. The molecule has 7 nitrogen and oxygen atoms in total. The minimum atomic E-state index is -0.460. The fraction of sp³-hybridized carbons (Fsp3) is 0.294.